The number of nitrogens with one attached hydrogen (secondary N) is 1. The van der Waals surface area contributed by atoms with Crippen LogP contribution in [0.5, 0.6) is 0 Å². The van der Waals surface area contributed by atoms with Crippen molar-refractivity contribution in [3.8, 4) is 0 Å². The molecule has 2 atom stereocenters. The molecule has 0 aliphatic carbocycles. The van der Waals surface area contributed by atoms with Crippen LogP contribution in [-0.4, -0.2) is 55.7 Å². The summed E-state index contributed by atoms with van der Waals surface area (Å²) in [5.41, 5.74) is 4.75. The van der Waals surface area contributed by atoms with Gasteiger partial charge in [0.15, 0.2) is 0 Å². The molecule has 3 N–H and O–H groups in total. The molecule has 5 heteroatoms. The summed E-state index contributed by atoms with van der Waals surface area (Å²) >= 11 is 0. The number of ether oxygens (including phenoxy) is 1. The summed E-state index contributed by atoms with van der Waals surface area (Å²) in [7, 11) is 3.55. The minimum atomic E-state index is -0.624. The van der Waals surface area contributed by atoms with Crippen molar-refractivity contribution in [3.05, 3.63) is 0 Å². The summed E-state index contributed by atoms with van der Waals surface area (Å²) in [6, 6.07) is 0. The molecule has 18 heavy (non-hydrogen) atoms. The zero-order chi connectivity index (χ0) is 13.8. The van der Waals surface area contributed by atoms with E-state index in [0.29, 0.717) is 0 Å². The summed E-state index contributed by atoms with van der Waals surface area (Å²) in [5.74, 6) is -0.295. The number of rotatable bonds is 6. The predicted octanol–water partition coefficient (Wildman–Crippen LogP) is 0.341. The van der Waals surface area contributed by atoms with Crippen LogP contribution in [0.1, 0.15) is 33.1 Å². The zero-order valence-electron chi connectivity index (χ0n) is 12.1. The van der Waals surface area contributed by atoms with Crippen LogP contribution in [0.15, 0.2) is 0 Å². The highest BCUT2D eigenvalue weighted by molar-refractivity contribution is 5.84. The van der Waals surface area contributed by atoms with Crippen LogP contribution in [0.2, 0.25) is 0 Å². The van der Waals surface area contributed by atoms with Gasteiger partial charge in [-0.05, 0) is 46.7 Å². The molecule has 1 amide bonds. The number of methoxy groups -OCH3 is 1. The van der Waals surface area contributed by atoms with Gasteiger partial charge in [0.2, 0.25) is 5.91 Å². The number of likely N-dealkylation sites (N-methyl/N-ethyl adjacent to an activating group) is 1. The average Bonchev–Trinajstić information content (AvgIpc) is 2.36. The number of likely N-dealkylation sites (tertiary alicyclic amines) is 1. The normalized spacial score (nSPS) is 28.9. The molecule has 1 aliphatic rings. The number of amides is 1. The van der Waals surface area contributed by atoms with Crippen molar-refractivity contribution in [2.45, 2.75) is 44.2 Å². The molecule has 0 aromatic rings. The monoisotopic (exact) mass is 257 g/mol. The lowest BCUT2D eigenvalue weighted by molar-refractivity contribution is -0.124. The lowest BCUT2D eigenvalue weighted by Gasteiger charge is -2.40. The third-order valence-corrected chi connectivity index (χ3v) is 4.25. The molecule has 0 aromatic carbocycles. The molecule has 1 aliphatic heterocycles. The number of nitrogens with two attached hydrogens (primary N) is 1. The van der Waals surface area contributed by atoms with E-state index in [1.54, 1.807) is 14.2 Å². The number of carbonyl (C=O) groups excluding carboxylic acids is 1. The van der Waals surface area contributed by atoms with Crippen LogP contribution in [-0.2, 0) is 9.53 Å². The second kappa shape index (κ2) is 5.99. The topological polar surface area (TPSA) is 67.6 Å². The molecule has 0 bridgehead atoms. The van der Waals surface area contributed by atoms with Crippen LogP contribution in [0.4, 0.5) is 0 Å². The smallest absolute Gasteiger partial charge is 0.237 e. The first-order valence-electron chi connectivity index (χ1n) is 6.61. The number of hydrogen-bond donors (Lipinski definition) is 2. The standard InChI is InChI=1S/C13H27N3O2/c1-12(18-4)6-5-8-16(10-12)9-7-13(2,15-3)11(14)17/h15H,5-10H2,1-4H3,(H2,14,17). The Labute approximate surface area is 110 Å². The highest BCUT2D eigenvalue weighted by Crippen LogP contribution is 2.24. The van der Waals surface area contributed by atoms with Crippen molar-refractivity contribution < 1.29 is 9.53 Å². The lowest BCUT2D eigenvalue weighted by atomic mass is 9.92. The summed E-state index contributed by atoms with van der Waals surface area (Å²) in [6.07, 6.45) is 2.95. The van der Waals surface area contributed by atoms with Gasteiger partial charge < -0.3 is 20.7 Å². The second-order valence-corrected chi connectivity index (χ2v) is 5.73. The number of primary amides is 1. The first kappa shape index (κ1) is 15.4. The van der Waals surface area contributed by atoms with E-state index >= 15 is 0 Å². The third kappa shape index (κ3) is 3.67. The van der Waals surface area contributed by atoms with Gasteiger partial charge in [0.1, 0.15) is 0 Å². The summed E-state index contributed by atoms with van der Waals surface area (Å²) in [4.78, 5) is 13.8. The van der Waals surface area contributed by atoms with Crippen molar-refractivity contribution in [1.29, 1.82) is 0 Å². The van der Waals surface area contributed by atoms with E-state index < -0.39 is 5.54 Å². The van der Waals surface area contributed by atoms with Crippen LogP contribution in [0.3, 0.4) is 0 Å². The quantitative estimate of drug-likeness (QED) is 0.720. The maximum atomic E-state index is 11.4. The van der Waals surface area contributed by atoms with Gasteiger partial charge in [-0.15, -0.1) is 0 Å². The third-order valence-electron chi connectivity index (χ3n) is 4.25. The Kier molecular flexibility index (Phi) is 5.13. The molecule has 1 saturated heterocycles. The largest absolute Gasteiger partial charge is 0.377 e. The summed E-state index contributed by atoms with van der Waals surface area (Å²) in [5, 5.41) is 3.02. The lowest BCUT2D eigenvalue weighted by Crippen LogP contribution is -2.54. The molecule has 2 unspecified atom stereocenters. The fourth-order valence-electron chi connectivity index (χ4n) is 2.42. The Bertz CT molecular complexity index is 298. The number of piperidine rings is 1. The van der Waals surface area contributed by atoms with Crippen molar-refractivity contribution in [1.82, 2.24) is 10.2 Å². The minimum absolute atomic E-state index is 0.0545. The van der Waals surface area contributed by atoms with Crippen molar-refractivity contribution in [2.24, 2.45) is 5.73 Å². The predicted molar refractivity (Wildman–Crippen MR) is 72.4 cm³/mol. The van der Waals surface area contributed by atoms with E-state index in [4.69, 9.17) is 10.5 Å². The van der Waals surface area contributed by atoms with E-state index in [0.717, 1.165) is 38.9 Å². The maximum Gasteiger partial charge on any atom is 0.237 e. The molecule has 106 valence electrons. The van der Waals surface area contributed by atoms with Crippen LogP contribution >= 0.6 is 0 Å². The molecule has 5 nitrogen and oxygen atoms in total. The summed E-state index contributed by atoms with van der Waals surface area (Å²) in [6.45, 7) is 6.85. The highest BCUT2D eigenvalue weighted by atomic mass is 16.5. The van der Waals surface area contributed by atoms with Crippen LogP contribution in [0.25, 0.3) is 0 Å². The molecule has 1 rings (SSSR count). The van der Waals surface area contributed by atoms with Crippen LogP contribution in [0, 0.1) is 0 Å². The molecule has 0 aromatic heterocycles. The Balaban J connectivity index is 2.50. The van der Waals surface area contributed by atoms with Gasteiger partial charge in [0.05, 0.1) is 11.1 Å². The SMILES string of the molecule is CNC(C)(CCN1CCCC(C)(OC)C1)C(N)=O. The van der Waals surface area contributed by atoms with Crippen molar-refractivity contribution in [2.75, 3.05) is 33.8 Å². The first-order valence-corrected chi connectivity index (χ1v) is 6.61. The van der Waals surface area contributed by atoms with E-state index in [-0.39, 0.29) is 11.5 Å². The fourth-order valence-corrected chi connectivity index (χ4v) is 2.42. The van der Waals surface area contributed by atoms with E-state index in [1.807, 2.05) is 6.92 Å². The Morgan fingerprint density at radius 1 is 1.61 bits per heavy atom. The number of nitrogens with zero attached hydrogens (tertiary/aromatic N) is 1. The van der Waals surface area contributed by atoms with Gasteiger partial charge in [-0.2, -0.15) is 0 Å². The Hall–Kier alpha value is -0.650. The van der Waals surface area contributed by atoms with Gasteiger partial charge >= 0.3 is 0 Å². The van der Waals surface area contributed by atoms with Gasteiger partial charge in [-0.1, -0.05) is 0 Å². The maximum absolute atomic E-state index is 11.4. The van der Waals surface area contributed by atoms with Crippen LogP contribution < -0.4 is 11.1 Å². The molecular weight excluding hydrogens is 230 g/mol. The second-order valence-electron chi connectivity index (χ2n) is 5.73. The molecule has 1 fully saturated rings. The van der Waals surface area contributed by atoms with E-state index in [2.05, 4.69) is 17.1 Å². The summed E-state index contributed by atoms with van der Waals surface area (Å²) < 4.78 is 5.57. The Morgan fingerprint density at radius 3 is 2.78 bits per heavy atom. The first-order chi connectivity index (χ1) is 8.35. The molecule has 1 heterocycles. The van der Waals surface area contributed by atoms with Crippen molar-refractivity contribution >= 4 is 5.91 Å². The van der Waals surface area contributed by atoms with Crippen molar-refractivity contribution in [3.63, 3.8) is 0 Å². The molecule has 0 spiro atoms. The zero-order valence-corrected chi connectivity index (χ0v) is 12.1. The van der Waals surface area contributed by atoms with Gasteiger partial charge in [0, 0.05) is 20.2 Å². The van der Waals surface area contributed by atoms with E-state index in [1.165, 1.54) is 0 Å². The minimum Gasteiger partial charge on any atom is -0.377 e. The molecular formula is C13H27N3O2. The van der Waals surface area contributed by atoms with Gasteiger partial charge in [-0.25, -0.2) is 0 Å². The highest BCUT2D eigenvalue weighted by Gasteiger charge is 2.33. The van der Waals surface area contributed by atoms with Gasteiger partial charge in [-0.3, -0.25) is 4.79 Å². The molecule has 0 radical (unpaired) electrons. The Morgan fingerprint density at radius 2 is 2.28 bits per heavy atom. The fraction of sp³-hybridized carbons (Fsp3) is 0.923. The number of hydrogen-bond acceptors (Lipinski definition) is 4. The molecule has 0 saturated carbocycles. The van der Waals surface area contributed by atoms with E-state index in [9.17, 15) is 4.79 Å². The number of carbonyl (C=O) groups is 1. The average molecular weight is 257 g/mol. The van der Waals surface area contributed by atoms with Gasteiger partial charge in [0.25, 0.3) is 0 Å².